The van der Waals surface area contributed by atoms with Gasteiger partial charge >= 0.3 is 0 Å². The van der Waals surface area contributed by atoms with Crippen molar-refractivity contribution in [3.63, 3.8) is 0 Å². The third-order valence-corrected chi connectivity index (χ3v) is 2.47. The summed E-state index contributed by atoms with van der Waals surface area (Å²) >= 11 is 0. The van der Waals surface area contributed by atoms with Crippen molar-refractivity contribution in [3.05, 3.63) is 0 Å². The van der Waals surface area contributed by atoms with E-state index < -0.39 is 0 Å². The van der Waals surface area contributed by atoms with Crippen molar-refractivity contribution in [1.29, 1.82) is 0 Å². The lowest BCUT2D eigenvalue weighted by atomic mass is 10.2. The van der Waals surface area contributed by atoms with E-state index in [-0.39, 0.29) is 0 Å². The van der Waals surface area contributed by atoms with Crippen LogP contribution in [0, 0.1) is 0 Å². The first-order valence-corrected chi connectivity index (χ1v) is 4.73. The second-order valence-corrected chi connectivity index (χ2v) is 3.76. The minimum Gasteiger partial charge on any atom is -0.380 e. The summed E-state index contributed by atoms with van der Waals surface area (Å²) in [6, 6.07) is 0.943. The molecule has 2 atom stereocenters. The van der Waals surface area contributed by atoms with Gasteiger partial charge in [0.15, 0.2) is 0 Å². The van der Waals surface area contributed by atoms with Gasteiger partial charge in [-0.3, -0.25) is 0 Å². The highest BCUT2D eigenvalue weighted by molar-refractivity contribution is 4.73. The molecule has 1 aliphatic rings. The lowest BCUT2D eigenvalue weighted by Gasteiger charge is -2.23. The summed E-state index contributed by atoms with van der Waals surface area (Å²) in [5, 5.41) is 0. The molecule has 1 saturated heterocycles. The van der Waals surface area contributed by atoms with E-state index in [0.29, 0.717) is 12.1 Å². The number of hydrogen-bond acceptors (Lipinski definition) is 3. The minimum atomic E-state index is 0.315. The highest BCUT2D eigenvalue weighted by Crippen LogP contribution is 2.10. The molecule has 0 aromatic carbocycles. The van der Waals surface area contributed by atoms with Crippen LogP contribution in [0.5, 0.6) is 0 Å². The number of rotatable bonds is 4. The fourth-order valence-electron chi connectivity index (χ4n) is 1.46. The quantitative estimate of drug-likeness (QED) is 0.669. The molecule has 1 fully saturated rings. The van der Waals surface area contributed by atoms with E-state index in [2.05, 4.69) is 18.9 Å². The molecule has 0 aromatic heterocycles. The van der Waals surface area contributed by atoms with Crippen molar-refractivity contribution in [2.24, 2.45) is 5.73 Å². The van der Waals surface area contributed by atoms with E-state index in [1.54, 1.807) is 0 Å². The molecule has 12 heavy (non-hydrogen) atoms. The molecule has 0 aliphatic carbocycles. The van der Waals surface area contributed by atoms with Crippen LogP contribution < -0.4 is 5.73 Å². The second-order valence-electron chi connectivity index (χ2n) is 3.76. The van der Waals surface area contributed by atoms with Crippen LogP contribution in [0.25, 0.3) is 0 Å². The SMILES string of the molecule is CC(N)CCN(C)C1CCOC1. The van der Waals surface area contributed by atoms with Gasteiger partial charge in [-0.25, -0.2) is 0 Å². The van der Waals surface area contributed by atoms with Gasteiger partial charge in [0.1, 0.15) is 0 Å². The monoisotopic (exact) mass is 172 g/mol. The fourth-order valence-corrected chi connectivity index (χ4v) is 1.46. The highest BCUT2D eigenvalue weighted by atomic mass is 16.5. The highest BCUT2D eigenvalue weighted by Gasteiger charge is 2.19. The summed E-state index contributed by atoms with van der Waals surface area (Å²) in [5.41, 5.74) is 5.68. The van der Waals surface area contributed by atoms with Crippen molar-refractivity contribution in [1.82, 2.24) is 4.90 Å². The maximum atomic E-state index is 5.68. The first-order chi connectivity index (χ1) is 5.70. The molecule has 0 bridgehead atoms. The zero-order valence-corrected chi connectivity index (χ0v) is 8.12. The van der Waals surface area contributed by atoms with Crippen molar-refractivity contribution in [2.75, 3.05) is 26.8 Å². The predicted molar refractivity (Wildman–Crippen MR) is 50.1 cm³/mol. The first-order valence-electron chi connectivity index (χ1n) is 4.73. The fraction of sp³-hybridized carbons (Fsp3) is 1.00. The maximum Gasteiger partial charge on any atom is 0.0622 e. The summed E-state index contributed by atoms with van der Waals surface area (Å²) in [5.74, 6) is 0. The smallest absolute Gasteiger partial charge is 0.0622 e. The molecule has 2 unspecified atom stereocenters. The number of hydrogen-bond donors (Lipinski definition) is 1. The van der Waals surface area contributed by atoms with Crippen LogP contribution in [0.1, 0.15) is 19.8 Å². The molecular weight excluding hydrogens is 152 g/mol. The molecular formula is C9H20N2O. The van der Waals surface area contributed by atoms with Gasteiger partial charge in [-0.2, -0.15) is 0 Å². The predicted octanol–water partition coefficient (Wildman–Crippen LogP) is 0.444. The Bertz CT molecular complexity index is 122. The van der Waals surface area contributed by atoms with Crippen molar-refractivity contribution in [2.45, 2.75) is 31.8 Å². The van der Waals surface area contributed by atoms with Crippen molar-refractivity contribution < 1.29 is 4.74 Å². The molecule has 0 saturated carbocycles. The first kappa shape index (κ1) is 9.96. The summed E-state index contributed by atoms with van der Waals surface area (Å²) in [6.45, 7) is 4.97. The lowest BCUT2D eigenvalue weighted by Crippen LogP contribution is -2.35. The molecule has 0 radical (unpaired) electrons. The van der Waals surface area contributed by atoms with Crippen molar-refractivity contribution in [3.8, 4) is 0 Å². The molecule has 72 valence electrons. The van der Waals surface area contributed by atoms with Gasteiger partial charge in [-0.1, -0.05) is 0 Å². The molecule has 3 heteroatoms. The summed E-state index contributed by atoms with van der Waals surface area (Å²) in [4.78, 5) is 2.36. The Hall–Kier alpha value is -0.120. The van der Waals surface area contributed by atoms with Gasteiger partial charge < -0.3 is 15.4 Å². The van der Waals surface area contributed by atoms with Crippen molar-refractivity contribution >= 4 is 0 Å². The molecule has 0 aromatic rings. The second kappa shape index (κ2) is 4.80. The average Bonchev–Trinajstić information content (AvgIpc) is 2.51. The zero-order valence-electron chi connectivity index (χ0n) is 8.12. The van der Waals surface area contributed by atoms with E-state index in [9.17, 15) is 0 Å². The molecule has 3 nitrogen and oxygen atoms in total. The third-order valence-electron chi connectivity index (χ3n) is 2.47. The molecule has 1 heterocycles. The van der Waals surface area contributed by atoms with E-state index in [0.717, 1.165) is 26.2 Å². The molecule has 2 N–H and O–H groups in total. The van der Waals surface area contributed by atoms with E-state index in [1.165, 1.54) is 6.42 Å². The van der Waals surface area contributed by atoms with Crippen LogP contribution in [0.3, 0.4) is 0 Å². The van der Waals surface area contributed by atoms with Crippen LogP contribution in [-0.2, 0) is 4.74 Å². The number of ether oxygens (including phenoxy) is 1. The summed E-state index contributed by atoms with van der Waals surface area (Å²) in [7, 11) is 2.15. The molecule has 0 spiro atoms. The van der Waals surface area contributed by atoms with Crippen LogP contribution in [-0.4, -0.2) is 43.8 Å². The van der Waals surface area contributed by atoms with Gasteiger partial charge in [0, 0.05) is 18.7 Å². The molecule has 1 aliphatic heterocycles. The Morgan fingerprint density at radius 2 is 2.42 bits per heavy atom. The Labute approximate surface area is 74.9 Å². The van der Waals surface area contributed by atoms with Crippen LogP contribution >= 0.6 is 0 Å². The lowest BCUT2D eigenvalue weighted by molar-refractivity contribution is 0.158. The molecule has 0 amide bonds. The summed E-state index contributed by atoms with van der Waals surface area (Å²) in [6.07, 6.45) is 2.25. The van der Waals surface area contributed by atoms with Gasteiger partial charge in [0.2, 0.25) is 0 Å². The van der Waals surface area contributed by atoms with Crippen LogP contribution in [0.2, 0.25) is 0 Å². The van der Waals surface area contributed by atoms with Gasteiger partial charge in [-0.15, -0.1) is 0 Å². The van der Waals surface area contributed by atoms with E-state index in [1.807, 2.05) is 0 Å². The zero-order chi connectivity index (χ0) is 8.97. The number of nitrogens with two attached hydrogens (primary N) is 1. The molecule has 1 rings (SSSR count). The van der Waals surface area contributed by atoms with E-state index >= 15 is 0 Å². The minimum absolute atomic E-state index is 0.315. The Morgan fingerprint density at radius 1 is 1.67 bits per heavy atom. The third kappa shape index (κ3) is 3.09. The van der Waals surface area contributed by atoms with Crippen LogP contribution in [0.15, 0.2) is 0 Å². The largest absolute Gasteiger partial charge is 0.380 e. The Morgan fingerprint density at radius 3 is 2.92 bits per heavy atom. The van der Waals surface area contributed by atoms with Gasteiger partial charge in [-0.05, 0) is 33.4 Å². The van der Waals surface area contributed by atoms with Gasteiger partial charge in [0.25, 0.3) is 0 Å². The summed E-state index contributed by atoms with van der Waals surface area (Å²) < 4.78 is 5.31. The van der Waals surface area contributed by atoms with E-state index in [4.69, 9.17) is 10.5 Å². The Kier molecular flexibility index (Phi) is 3.98. The standard InChI is InChI=1S/C9H20N2O/c1-8(10)3-5-11(2)9-4-6-12-7-9/h8-9H,3-7,10H2,1-2H3. The number of nitrogens with zero attached hydrogens (tertiary/aromatic N) is 1. The normalized spacial score (nSPS) is 26.5. The topological polar surface area (TPSA) is 38.5 Å². The maximum absolute atomic E-state index is 5.68. The van der Waals surface area contributed by atoms with Gasteiger partial charge in [0.05, 0.1) is 6.61 Å². The number of likely N-dealkylation sites (N-methyl/N-ethyl adjacent to an activating group) is 1. The van der Waals surface area contributed by atoms with Crippen LogP contribution in [0.4, 0.5) is 0 Å². The average molecular weight is 172 g/mol. The Balaban J connectivity index is 2.13.